The van der Waals surface area contributed by atoms with Gasteiger partial charge in [-0.15, -0.1) is 0 Å². The number of esters is 1. The molecule has 0 aromatic heterocycles. The van der Waals surface area contributed by atoms with Crippen LogP contribution in [-0.2, 0) is 14.3 Å². The second-order valence-corrected chi connectivity index (χ2v) is 5.65. The number of benzene rings is 1. The van der Waals surface area contributed by atoms with Gasteiger partial charge in [-0.1, -0.05) is 30.5 Å². The first-order valence-corrected chi connectivity index (χ1v) is 7.39. The molecule has 0 bridgehead atoms. The van der Waals surface area contributed by atoms with Gasteiger partial charge in [-0.3, -0.25) is 4.79 Å². The SMILES string of the molecule is COC(=O)C1(NC(=O)/C=C/c2c(F)cccc2Cl)CCCC1. The smallest absolute Gasteiger partial charge is 0.331 e. The Morgan fingerprint density at radius 1 is 1.36 bits per heavy atom. The molecule has 0 atom stereocenters. The van der Waals surface area contributed by atoms with Crippen molar-refractivity contribution in [1.82, 2.24) is 5.32 Å². The van der Waals surface area contributed by atoms with E-state index in [1.54, 1.807) is 0 Å². The standard InChI is InChI=1S/C16H17ClFNO3/c1-22-15(21)16(9-2-3-10-16)19-14(20)8-7-11-12(17)5-4-6-13(11)18/h4-8H,2-3,9-10H2,1H3,(H,19,20)/b8-7+. The molecule has 22 heavy (non-hydrogen) atoms. The average molecular weight is 326 g/mol. The van der Waals surface area contributed by atoms with E-state index < -0.39 is 23.2 Å². The molecule has 118 valence electrons. The van der Waals surface area contributed by atoms with Gasteiger partial charge in [-0.25, -0.2) is 9.18 Å². The largest absolute Gasteiger partial charge is 0.467 e. The fourth-order valence-corrected chi connectivity index (χ4v) is 2.89. The van der Waals surface area contributed by atoms with Crippen LogP contribution in [0.5, 0.6) is 0 Å². The molecule has 1 aliphatic carbocycles. The highest BCUT2D eigenvalue weighted by Gasteiger charge is 2.43. The minimum Gasteiger partial charge on any atom is -0.467 e. The molecule has 6 heteroatoms. The Bertz CT molecular complexity index is 589. The maximum atomic E-state index is 13.6. The van der Waals surface area contributed by atoms with Crippen LogP contribution in [0.15, 0.2) is 24.3 Å². The van der Waals surface area contributed by atoms with Crippen LogP contribution in [0, 0.1) is 5.82 Å². The number of rotatable bonds is 4. The number of ether oxygens (including phenoxy) is 1. The Morgan fingerprint density at radius 2 is 2.05 bits per heavy atom. The minimum atomic E-state index is -0.977. The second-order valence-electron chi connectivity index (χ2n) is 5.24. The minimum absolute atomic E-state index is 0.137. The molecule has 1 aromatic carbocycles. The molecule has 0 spiro atoms. The van der Waals surface area contributed by atoms with Crippen LogP contribution in [0.1, 0.15) is 31.2 Å². The zero-order chi connectivity index (χ0) is 16.2. The first-order chi connectivity index (χ1) is 10.5. The van der Waals surface area contributed by atoms with Crippen LogP contribution in [0.3, 0.4) is 0 Å². The van der Waals surface area contributed by atoms with Gasteiger partial charge in [0.25, 0.3) is 0 Å². The van der Waals surface area contributed by atoms with Gasteiger partial charge in [-0.05, 0) is 31.1 Å². The Labute approximate surface area is 133 Å². The fourth-order valence-electron chi connectivity index (χ4n) is 2.66. The normalized spacial score (nSPS) is 16.7. The molecule has 1 aliphatic rings. The van der Waals surface area contributed by atoms with Crippen molar-refractivity contribution in [2.24, 2.45) is 0 Å². The molecule has 2 rings (SSSR count). The van der Waals surface area contributed by atoms with Gasteiger partial charge in [0.05, 0.1) is 12.1 Å². The Morgan fingerprint density at radius 3 is 2.64 bits per heavy atom. The molecule has 0 radical (unpaired) electrons. The van der Waals surface area contributed by atoms with E-state index in [4.69, 9.17) is 16.3 Å². The number of nitrogens with one attached hydrogen (secondary N) is 1. The van der Waals surface area contributed by atoms with Crippen molar-refractivity contribution < 1.29 is 18.7 Å². The number of methoxy groups -OCH3 is 1. The lowest BCUT2D eigenvalue weighted by Gasteiger charge is -2.26. The van der Waals surface area contributed by atoms with Crippen LogP contribution < -0.4 is 5.32 Å². The van der Waals surface area contributed by atoms with Gasteiger partial charge in [0, 0.05) is 11.6 Å². The first-order valence-electron chi connectivity index (χ1n) is 7.01. The third-order valence-electron chi connectivity index (χ3n) is 3.80. The summed E-state index contributed by atoms with van der Waals surface area (Å²) in [6.07, 6.45) is 5.25. The zero-order valence-corrected chi connectivity index (χ0v) is 13.0. The molecule has 0 heterocycles. The Balaban J connectivity index is 2.12. The average Bonchev–Trinajstić information content (AvgIpc) is 2.95. The summed E-state index contributed by atoms with van der Waals surface area (Å²) in [6, 6.07) is 4.28. The summed E-state index contributed by atoms with van der Waals surface area (Å²) in [4.78, 5) is 24.0. The van der Waals surface area contributed by atoms with E-state index in [-0.39, 0.29) is 10.6 Å². The fraction of sp³-hybridized carbons (Fsp3) is 0.375. The van der Waals surface area contributed by atoms with Gasteiger partial charge < -0.3 is 10.1 Å². The van der Waals surface area contributed by atoms with Gasteiger partial charge in [0.2, 0.25) is 5.91 Å². The molecular weight excluding hydrogens is 309 g/mol. The highest BCUT2D eigenvalue weighted by Crippen LogP contribution is 2.31. The third-order valence-corrected chi connectivity index (χ3v) is 4.13. The maximum absolute atomic E-state index is 13.6. The summed E-state index contributed by atoms with van der Waals surface area (Å²) in [6.45, 7) is 0. The van der Waals surface area contributed by atoms with Crippen molar-refractivity contribution in [3.05, 3.63) is 40.7 Å². The van der Waals surface area contributed by atoms with Gasteiger partial charge >= 0.3 is 5.97 Å². The van der Waals surface area contributed by atoms with Crippen molar-refractivity contribution in [2.45, 2.75) is 31.2 Å². The van der Waals surface area contributed by atoms with Crippen molar-refractivity contribution in [3.63, 3.8) is 0 Å². The third kappa shape index (κ3) is 3.47. The van der Waals surface area contributed by atoms with Gasteiger partial charge in [-0.2, -0.15) is 0 Å². The molecule has 1 N–H and O–H groups in total. The van der Waals surface area contributed by atoms with Crippen molar-refractivity contribution in [2.75, 3.05) is 7.11 Å². The summed E-state index contributed by atoms with van der Waals surface area (Å²) in [7, 11) is 1.30. The van der Waals surface area contributed by atoms with Crippen molar-refractivity contribution in [3.8, 4) is 0 Å². The Kier molecular flexibility index (Phi) is 5.19. The summed E-state index contributed by atoms with van der Waals surface area (Å²) in [5.74, 6) is -1.44. The van der Waals surface area contributed by atoms with Crippen LogP contribution in [0.25, 0.3) is 6.08 Å². The topological polar surface area (TPSA) is 55.4 Å². The molecule has 0 saturated heterocycles. The molecular formula is C16H17ClFNO3. The van der Waals surface area contributed by atoms with Crippen molar-refractivity contribution >= 4 is 29.6 Å². The van der Waals surface area contributed by atoms with E-state index in [0.717, 1.165) is 12.8 Å². The quantitative estimate of drug-likeness (QED) is 0.683. The van der Waals surface area contributed by atoms with Crippen LogP contribution in [0.2, 0.25) is 5.02 Å². The number of hydrogen-bond acceptors (Lipinski definition) is 3. The summed E-state index contributed by atoms with van der Waals surface area (Å²) < 4.78 is 18.4. The molecule has 0 unspecified atom stereocenters. The van der Waals surface area contributed by atoms with Gasteiger partial charge in [0.15, 0.2) is 0 Å². The van der Waals surface area contributed by atoms with Crippen LogP contribution >= 0.6 is 11.6 Å². The van der Waals surface area contributed by atoms with Gasteiger partial charge in [0.1, 0.15) is 11.4 Å². The number of halogens is 2. The molecule has 1 aromatic rings. The first kappa shape index (κ1) is 16.5. The maximum Gasteiger partial charge on any atom is 0.331 e. The second kappa shape index (κ2) is 6.92. The lowest BCUT2D eigenvalue weighted by Crippen LogP contribution is -2.52. The Hall–Kier alpha value is -1.88. The number of carbonyl (C=O) groups excluding carboxylic acids is 2. The molecule has 1 fully saturated rings. The molecule has 1 amide bonds. The predicted molar refractivity (Wildman–Crippen MR) is 81.8 cm³/mol. The van der Waals surface area contributed by atoms with E-state index in [0.29, 0.717) is 12.8 Å². The van der Waals surface area contributed by atoms with Crippen LogP contribution in [0.4, 0.5) is 4.39 Å². The summed E-state index contributed by atoms with van der Waals surface area (Å²) in [5, 5.41) is 2.90. The lowest BCUT2D eigenvalue weighted by atomic mass is 9.97. The van der Waals surface area contributed by atoms with Crippen LogP contribution in [-0.4, -0.2) is 24.5 Å². The monoisotopic (exact) mass is 325 g/mol. The molecule has 0 aliphatic heterocycles. The number of carbonyl (C=O) groups is 2. The molecule has 1 saturated carbocycles. The van der Waals surface area contributed by atoms with E-state index in [9.17, 15) is 14.0 Å². The summed E-state index contributed by atoms with van der Waals surface area (Å²) in [5.41, 5.74) is -0.840. The number of amides is 1. The lowest BCUT2D eigenvalue weighted by molar-refractivity contribution is -0.150. The van der Waals surface area contributed by atoms with E-state index in [1.807, 2.05) is 0 Å². The van der Waals surface area contributed by atoms with Crippen molar-refractivity contribution in [1.29, 1.82) is 0 Å². The summed E-state index contributed by atoms with van der Waals surface area (Å²) >= 11 is 5.89. The number of hydrogen-bond donors (Lipinski definition) is 1. The van der Waals surface area contributed by atoms with E-state index in [2.05, 4.69) is 5.32 Å². The molecule has 4 nitrogen and oxygen atoms in total. The van der Waals surface area contributed by atoms with E-state index >= 15 is 0 Å². The predicted octanol–water partition coefficient (Wildman–Crippen LogP) is 3.09. The van der Waals surface area contributed by atoms with E-state index in [1.165, 1.54) is 37.5 Å². The highest BCUT2D eigenvalue weighted by molar-refractivity contribution is 6.32. The zero-order valence-electron chi connectivity index (χ0n) is 12.2. The highest BCUT2D eigenvalue weighted by atomic mass is 35.5.